The minimum Gasteiger partial charge on any atom is -0.458 e. The molecule has 0 aliphatic carbocycles. The van der Waals surface area contributed by atoms with Crippen LogP contribution in [0.3, 0.4) is 0 Å². The molecule has 2 aromatic rings. The number of nitrogens with two attached hydrogens (primary N) is 2. The first-order chi connectivity index (χ1) is 19.2. The average molecular weight is 648 g/mol. The molecule has 22 heteroatoms. The number of hydrogen-bond acceptors (Lipinski definition) is 18. The maximum absolute atomic E-state index is 12.8. The molecule has 12 atom stereocenters. The molecule has 4 heterocycles. The molecule has 0 spiro atoms. The van der Waals surface area contributed by atoms with Crippen LogP contribution in [-0.2, 0) is 36.7 Å². The van der Waals surface area contributed by atoms with Gasteiger partial charge in [-0.15, -0.1) is 0 Å². The van der Waals surface area contributed by atoms with E-state index in [2.05, 4.69) is 31.1 Å². The number of fused-ring (bicyclic) bond motifs is 1. The van der Waals surface area contributed by atoms with E-state index in [9.17, 15) is 34.4 Å². The predicted molar refractivity (Wildman–Crippen MR) is 137 cm³/mol. The standard InChI is InChI=1S/C19H30N4O15P2S/c1-32-16-9(20)8(35-14(16)6-3-33-17-10(6)22-5-23-18(17)21)4-34-40(31,41)38-39(29,30)37-19-13(28)11(26)12(27)15(36-19)7(25)2-24/h3,5,7-9,11-16,19,24-28H,2,4,20H2,1H3,(H,29,30)(H,31,41)(H2,21,22,23)/t7-,8+,9+,11?,12?,13?,14-,15?,16+,19?,40?/m0/s1. The lowest BCUT2D eigenvalue weighted by atomic mass is 9.96. The van der Waals surface area contributed by atoms with E-state index in [4.69, 9.17) is 39.7 Å². The monoisotopic (exact) mass is 648 g/mol. The van der Waals surface area contributed by atoms with Crippen molar-refractivity contribution in [2.45, 2.75) is 61.2 Å². The van der Waals surface area contributed by atoms with E-state index >= 15 is 0 Å². The van der Waals surface area contributed by atoms with Crippen LogP contribution in [0.1, 0.15) is 11.7 Å². The number of phosphoric acid groups is 1. The minimum absolute atomic E-state index is 0.0955. The zero-order valence-electron chi connectivity index (χ0n) is 21.1. The number of rotatable bonds is 11. The van der Waals surface area contributed by atoms with Crippen molar-refractivity contribution in [1.82, 2.24) is 9.97 Å². The molecule has 2 saturated heterocycles. The lowest BCUT2D eigenvalue weighted by molar-refractivity contribution is -0.292. The Morgan fingerprint density at radius 1 is 1.17 bits per heavy atom. The number of aliphatic hydroxyl groups is 5. The quantitative estimate of drug-likeness (QED) is 0.0934. The van der Waals surface area contributed by atoms with Gasteiger partial charge in [0.25, 0.3) is 0 Å². The summed E-state index contributed by atoms with van der Waals surface area (Å²) in [5, 5.41) is 48.9. The van der Waals surface area contributed by atoms with Crippen molar-refractivity contribution in [3.8, 4) is 0 Å². The van der Waals surface area contributed by atoms with Crippen LogP contribution in [0.25, 0.3) is 11.1 Å². The molecule has 0 amide bonds. The van der Waals surface area contributed by atoms with E-state index in [1.54, 1.807) is 0 Å². The molecule has 2 aliphatic heterocycles. The Morgan fingerprint density at radius 2 is 1.88 bits per heavy atom. The van der Waals surface area contributed by atoms with Crippen molar-refractivity contribution in [3.63, 3.8) is 0 Å². The zero-order chi connectivity index (χ0) is 30.3. The number of aliphatic hydroxyl groups excluding tert-OH is 5. The Kier molecular flexibility index (Phi) is 10.1. The molecule has 2 fully saturated rings. The molecule has 10 N–H and O–H groups in total. The van der Waals surface area contributed by atoms with E-state index in [0.717, 1.165) is 0 Å². The summed E-state index contributed by atoms with van der Waals surface area (Å²) in [6.07, 6.45) is -11.8. The van der Waals surface area contributed by atoms with Gasteiger partial charge in [0, 0.05) is 12.7 Å². The zero-order valence-corrected chi connectivity index (χ0v) is 23.8. The minimum atomic E-state index is -5.43. The molecule has 0 bridgehead atoms. The van der Waals surface area contributed by atoms with Gasteiger partial charge in [-0.2, -0.15) is 4.31 Å². The number of thiol groups is 1. The molecule has 0 saturated carbocycles. The fourth-order valence-electron chi connectivity index (χ4n) is 4.40. The molecule has 232 valence electrons. The SMILES string of the molecule is CO[C@@H]1[C@H](N)[C@@H](COP(=O)(S)OP(=O)(O)OC2OC([C@@H](O)CO)C(O)C(O)C2O)O[C@H]1c1coc2c(N)ncnc12. The van der Waals surface area contributed by atoms with Crippen LogP contribution in [0.2, 0.25) is 0 Å². The van der Waals surface area contributed by atoms with Gasteiger partial charge in [-0.3, -0.25) is 9.05 Å². The number of aromatic nitrogens is 2. The van der Waals surface area contributed by atoms with Gasteiger partial charge in [-0.05, 0) is 0 Å². The van der Waals surface area contributed by atoms with E-state index in [1.165, 1.54) is 19.7 Å². The normalized spacial score (nSPS) is 36.2. The van der Waals surface area contributed by atoms with Crippen LogP contribution in [0.15, 0.2) is 17.0 Å². The molecular weight excluding hydrogens is 618 g/mol. The molecule has 7 unspecified atom stereocenters. The second kappa shape index (κ2) is 12.7. The van der Waals surface area contributed by atoms with Crippen LogP contribution in [0, 0.1) is 0 Å². The molecule has 4 rings (SSSR count). The molecule has 0 radical (unpaired) electrons. The number of ether oxygens (including phenoxy) is 3. The molecular formula is C19H30N4O15P2S. The van der Waals surface area contributed by atoms with Crippen LogP contribution >= 0.6 is 26.9 Å². The third-order valence-corrected chi connectivity index (χ3v) is 10.0. The van der Waals surface area contributed by atoms with Crippen molar-refractivity contribution < 1.29 is 71.5 Å². The van der Waals surface area contributed by atoms with Crippen molar-refractivity contribution in [1.29, 1.82) is 0 Å². The van der Waals surface area contributed by atoms with Crippen molar-refractivity contribution in [2.75, 3.05) is 26.1 Å². The Labute approximate surface area is 236 Å². The fraction of sp³-hybridized carbons (Fsp3) is 0.684. The lowest BCUT2D eigenvalue weighted by Gasteiger charge is -2.41. The molecule has 2 aromatic heterocycles. The van der Waals surface area contributed by atoms with Gasteiger partial charge in [-0.1, -0.05) is 12.2 Å². The molecule has 0 aromatic carbocycles. The number of nitrogen functional groups attached to an aromatic ring is 1. The summed E-state index contributed by atoms with van der Waals surface area (Å²) in [5.74, 6) is 0.0955. The summed E-state index contributed by atoms with van der Waals surface area (Å²) in [5.41, 5.74) is 13.0. The summed E-state index contributed by atoms with van der Waals surface area (Å²) in [6.45, 7) is -6.23. The largest absolute Gasteiger partial charge is 0.482 e. The van der Waals surface area contributed by atoms with Crippen LogP contribution in [-0.4, -0.2) is 116 Å². The first-order valence-corrected chi connectivity index (χ1v) is 16.0. The van der Waals surface area contributed by atoms with Crippen LogP contribution < -0.4 is 11.5 Å². The lowest BCUT2D eigenvalue weighted by Crippen LogP contribution is -2.61. The van der Waals surface area contributed by atoms with Gasteiger partial charge in [0.2, 0.25) is 0 Å². The Bertz CT molecular complexity index is 1310. The number of nitrogens with zero attached hydrogens (tertiary/aromatic N) is 2. The Hall–Kier alpha value is -1.29. The number of anilines is 1. The summed E-state index contributed by atoms with van der Waals surface area (Å²) < 4.78 is 61.5. The molecule has 19 nitrogen and oxygen atoms in total. The Balaban J connectivity index is 1.40. The van der Waals surface area contributed by atoms with Crippen LogP contribution in [0.4, 0.5) is 5.82 Å². The predicted octanol–water partition coefficient (Wildman–Crippen LogP) is -2.06. The summed E-state index contributed by atoms with van der Waals surface area (Å²) in [6, 6.07) is -0.881. The summed E-state index contributed by atoms with van der Waals surface area (Å²) in [7, 11) is -4.05. The van der Waals surface area contributed by atoms with Crippen molar-refractivity contribution >= 4 is 43.8 Å². The van der Waals surface area contributed by atoms with E-state index < -0.39 is 89.0 Å². The van der Waals surface area contributed by atoms with Gasteiger partial charge < -0.3 is 60.5 Å². The van der Waals surface area contributed by atoms with Crippen molar-refractivity contribution in [2.24, 2.45) is 5.73 Å². The number of methoxy groups -OCH3 is 1. The second-order valence-corrected chi connectivity index (χ2v) is 13.6. The van der Waals surface area contributed by atoms with Gasteiger partial charge in [0.05, 0.1) is 25.5 Å². The van der Waals surface area contributed by atoms with Crippen molar-refractivity contribution in [3.05, 3.63) is 18.2 Å². The third kappa shape index (κ3) is 6.94. The van der Waals surface area contributed by atoms with Gasteiger partial charge >= 0.3 is 14.6 Å². The second-order valence-electron chi connectivity index (χ2n) is 9.11. The third-order valence-electron chi connectivity index (χ3n) is 6.43. The number of phosphoric ester groups is 1. The van der Waals surface area contributed by atoms with Crippen LogP contribution in [0.5, 0.6) is 0 Å². The topological polar surface area (TPSA) is 302 Å². The van der Waals surface area contributed by atoms with Gasteiger partial charge in [0.1, 0.15) is 60.7 Å². The average Bonchev–Trinajstić information content (AvgIpc) is 3.47. The summed E-state index contributed by atoms with van der Waals surface area (Å²) >= 11 is 3.67. The molecule has 41 heavy (non-hydrogen) atoms. The number of hydrogen-bond donors (Lipinski definition) is 9. The van der Waals surface area contributed by atoms with E-state index in [0.29, 0.717) is 11.1 Å². The number of furan rings is 1. The Morgan fingerprint density at radius 3 is 2.54 bits per heavy atom. The smallest absolute Gasteiger partial charge is 0.458 e. The maximum atomic E-state index is 12.8. The van der Waals surface area contributed by atoms with Gasteiger partial charge in [0.15, 0.2) is 17.7 Å². The highest BCUT2D eigenvalue weighted by atomic mass is 32.7. The maximum Gasteiger partial charge on any atom is 0.482 e. The summed E-state index contributed by atoms with van der Waals surface area (Å²) in [4.78, 5) is 18.1. The highest BCUT2D eigenvalue weighted by molar-refractivity contribution is 8.45. The molecule has 2 aliphatic rings. The fourth-order valence-corrected chi connectivity index (χ4v) is 7.58. The highest BCUT2D eigenvalue weighted by Gasteiger charge is 2.51. The highest BCUT2D eigenvalue weighted by Crippen LogP contribution is 2.66. The van der Waals surface area contributed by atoms with E-state index in [1.807, 2.05) is 0 Å². The van der Waals surface area contributed by atoms with Gasteiger partial charge in [-0.25, -0.2) is 19.1 Å². The first kappa shape index (κ1) is 32.6. The first-order valence-electron chi connectivity index (χ1n) is 11.8. The van der Waals surface area contributed by atoms with E-state index in [-0.39, 0.29) is 11.4 Å².